The number of aryl methyl sites for hydroxylation is 1. The maximum Gasteiger partial charge on any atom is 0.252 e. The second-order valence-corrected chi connectivity index (χ2v) is 4.41. The van der Waals surface area contributed by atoms with Crippen molar-refractivity contribution < 1.29 is 4.42 Å². The molecule has 0 saturated carbocycles. The summed E-state index contributed by atoms with van der Waals surface area (Å²) < 4.78 is 5.48. The molecule has 16 heavy (non-hydrogen) atoms. The second kappa shape index (κ2) is 3.24. The predicted octanol–water partition coefficient (Wildman–Crippen LogP) is 1.63. The van der Waals surface area contributed by atoms with Gasteiger partial charge < -0.3 is 10.2 Å². The number of nitrogen functional groups attached to an aromatic ring is 1. The normalized spacial score (nSPS) is 11.1. The van der Waals surface area contributed by atoms with Gasteiger partial charge >= 0.3 is 0 Å². The summed E-state index contributed by atoms with van der Waals surface area (Å²) >= 11 is 1.51. The van der Waals surface area contributed by atoms with E-state index in [0.717, 1.165) is 9.88 Å². The van der Waals surface area contributed by atoms with Gasteiger partial charge in [-0.2, -0.15) is 4.98 Å². The molecule has 0 spiro atoms. The Bertz CT molecular complexity index is 659. The fraction of sp³-hybridized carbons (Fsp3) is 0.111. The summed E-state index contributed by atoms with van der Waals surface area (Å²) in [5.74, 6) is 0.800. The minimum Gasteiger partial charge on any atom is -0.417 e. The van der Waals surface area contributed by atoms with Gasteiger partial charge in [-0.3, -0.25) is 0 Å². The summed E-state index contributed by atoms with van der Waals surface area (Å²) in [5, 5.41) is 0.955. The van der Waals surface area contributed by atoms with Crippen LogP contribution in [0.5, 0.6) is 0 Å². The third-order valence-electron chi connectivity index (χ3n) is 2.06. The Morgan fingerprint density at radius 1 is 1.31 bits per heavy atom. The largest absolute Gasteiger partial charge is 0.417 e. The number of hydrogen-bond donors (Lipinski definition) is 1. The van der Waals surface area contributed by atoms with Crippen LogP contribution >= 0.6 is 11.3 Å². The minimum atomic E-state index is 0.321. The summed E-state index contributed by atoms with van der Waals surface area (Å²) in [6.07, 6.45) is 3.07. The van der Waals surface area contributed by atoms with Gasteiger partial charge in [-0.1, -0.05) is 0 Å². The van der Waals surface area contributed by atoms with Crippen LogP contribution in [0.25, 0.3) is 22.0 Å². The van der Waals surface area contributed by atoms with Crippen LogP contribution in [0.4, 0.5) is 5.82 Å². The van der Waals surface area contributed by atoms with Gasteiger partial charge in [-0.15, -0.1) is 11.3 Å². The van der Waals surface area contributed by atoms with E-state index in [4.69, 9.17) is 10.2 Å². The quantitative estimate of drug-likeness (QED) is 0.687. The number of nitrogens with zero attached hydrogens (tertiary/aromatic N) is 4. The number of thiazole rings is 1. The van der Waals surface area contributed by atoms with Crippen LogP contribution in [-0.4, -0.2) is 19.9 Å². The molecule has 0 amide bonds. The molecule has 0 atom stereocenters. The van der Waals surface area contributed by atoms with Gasteiger partial charge in [-0.05, 0) is 6.92 Å². The molecule has 7 heteroatoms. The molecule has 0 unspecified atom stereocenters. The minimum absolute atomic E-state index is 0.321. The molecule has 2 N–H and O–H groups in total. The zero-order valence-corrected chi connectivity index (χ0v) is 9.15. The fourth-order valence-electron chi connectivity index (χ4n) is 1.34. The second-order valence-electron chi connectivity index (χ2n) is 3.18. The first kappa shape index (κ1) is 9.22. The molecule has 0 aliphatic carbocycles. The lowest BCUT2D eigenvalue weighted by Crippen LogP contribution is -1.91. The van der Waals surface area contributed by atoms with E-state index < -0.39 is 0 Å². The number of hydrogen-bond acceptors (Lipinski definition) is 7. The van der Waals surface area contributed by atoms with Crippen LogP contribution in [0.2, 0.25) is 0 Å². The summed E-state index contributed by atoms with van der Waals surface area (Å²) in [6.45, 7) is 1.92. The molecular weight excluding hydrogens is 226 g/mol. The summed E-state index contributed by atoms with van der Waals surface area (Å²) in [4.78, 5) is 17.1. The third kappa shape index (κ3) is 1.33. The Kier molecular flexibility index (Phi) is 1.87. The van der Waals surface area contributed by atoms with Gasteiger partial charge in [0.05, 0.1) is 11.2 Å². The molecule has 3 aromatic rings. The van der Waals surface area contributed by atoms with Gasteiger partial charge in [-0.25, -0.2) is 15.0 Å². The van der Waals surface area contributed by atoms with E-state index in [1.807, 2.05) is 6.92 Å². The first-order valence-electron chi connectivity index (χ1n) is 4.54. The molecule has 0 aliphatic rings. The zero-order valence-electron chi connectivity index (χ0n) is 8.34. The summed E-state index contributed by atoms with van der Waals surface area (Å²) in [6, 6.07) is 0. The van der Waals surface area contributed by atoms with E-state index in [1.165, 1.54) is 17.7 Å². The molecule has 0 aromatic carbocycles. The van der Waals surface area contributed by atoms with E-state index in [0.29, 0.717) is 22.9 Å². The van der Waals surface area contributed by atoms with Gasteiger partial charge in [0.1, 0.15) is 11.2 Å². The number of anilines is 1. The SMILES string of the molecule is Cc1ncc(-c2nc3c(N)ncnc3o2)s1. The number of fused-ring (bicyclic) bond motifs is 1. The highest BCUT2D eigenvalue weighted by atomic mass is 32.1. The van der Waals surface area contributed by atoms with Crippen molar-refractivity contribution in [1.82, 2.24) is 19.9 Å². The van der Waals surface area contributed by atoms with Crippen molar-refractivity contribution in [2.75, 3.05) is 5.73 Å². The van der Waals surface area contributed by atoms with Crippen molar-refractivity contribution in [2.45, 2.75) is 6.92 Å². The Morgan fingerprint density at radius 3 is 2.88 bits per heavy atom. The highest BCUT2D eigenvalue weighted by Crippen LogP contribution is 2.28. The first-order valence-corrected chi connectivity index (χ1v) is 5.35. The lowest BCUT2D eigenvalue weighted by Gasteiger charge is -1.87. The van der Waals surface area contributed by atoms with E-state index in [9.17, 15) is 0 Å². The average molecular weight is 233 g/mol. The van der Waals surface area contributed by atoms with E-state index in [-0.39, 0.29) is 0 Å². The molecule has 0 bridgehead atoms. The van der Waals surface area contributed by atoms with Crippen molar-refractivity contribution in [1.29, 1.82) is 0 Å². The summed E-state index contributed by atoms with van der Waals surface area (Å²) in [5.41, 5.74) is 6.55. The summed E-state index contributed by atoms with van der Waals surface area (Å²) in [7, 11) is 0. The van der Waals surface area contributed by atoms with Crippen molar-refractivity contribution in [2.24, 2.45) is 0 Å². The Hall–Kier alpha value is -2.02. The molecule has 0 radical (unpaired) electrons. The number of oxazole rings is 1. The van der Waals surface area contributed by atoms with E-state index >= 15 is 0 Å². The molecule has 80 valence electrons. The van der Waals surface area contributed by atoms with Crippen molar-refractivity contribution >= 4 is 28.4 Å². The van der Waals surface area contributed by atoms with Crippen molar-refractivity contribution in [3.63, 3.8) is 0 Å². The maximum absolute atomic E-state index is 5.67. The van der Waals surface area contributed by atoms with Gasteiger partial charge in [0.15, 0.2) is 11.3 Å². The van der Waals surface area contributed by atoms with Crippen LogP contribution in [0.1, 0.15) is 5.01 Å². The number of rotatable bonds is 1. The Labute approximate surface area is 94.2 Å². The fourth-order valence-corrected chi connectivity index (χ4v) is 2.04. The molecule has 3 rings (SSSR count). The van der Waals surface area contributed by atoms with Crippen LogP contribution in [0.3, 0.4) is 0 Å². The number of nitrogens with two attached hydrogens (primary N) is 1. The van der Waals surface area contributed by atoms with Crippen LogP contribution in [0, 0.1) is 6.92 Å². The van der Waals surface area contributed by atoms with Gasteiger partial charge in [0.2, 0.25) is 5.89 Å². The standard InChI is InChI=1S/C9H7N5OS/c1-4-11-2-5(16-4)8-14-6-7(10)12-3-13-9(6)15-8/h2-3H,1H3,(H2,10,12,13). The predicted molar refractivity (Wildman–Crippen MR) is 59.9 cm³/mol. The van der Waals surface area contributed by atoms with Crippen LogP contribution in [-0.2, 0) is 0 Å². The Balaban J connectivity index is 2.22. The highest BCUT2D eigenvalue weighted by molar-refractivity contribution is 7.14. The lowest BCUT2D eigenvalue weighted by molar-refractivity contribution is 0.608. The van der Waals surface area contributed by atoms with Gasteiger partial charge in [0, 0.05) is 0 Å². The van der Waals surface area contributed by atoms with Crippen molar-refractivity contribution in [3.8, 4) is 10.8 Å². The first-order chi connectivity index (χ1) is 7.74. The van der Waals surface area contributed by atoms with Gasteiger partial charge in [0.25, 0.3) is 5.71 Å². The van der Waals surface area contributed by atoms with E-state index in [1.54, 1.807) is 6.20 Å². The molecule has 0 aliphatic heterocycles. The molecule has 0 fully saturated rings. The number of aromatic nitrogens is 4. The highest BCUT2D eigenvalue weighted by Gasteiger charge is 2.13. The molecule has 3 heterocycles. The molecule has 0 saturated heterocycles. The Morgan fingerprint density at radius 2 is 2.19 bits per heavy atom. The van der Waals surface area contributed by atoms with Crippen molar-refractivity contribution in [3.05, 3.63) is 17.5 Å². The lowest BCUT2D eigenvalue weighted by atomic mass is 10.5. The topological polar surface area (TPSA) is 90.7 Å². The van der Waals surface area contributed by atoms with Crippen LogP contribution in [0.15, 0.2) is 16.9 Å². The zero-order chi connectivity index (χ0) is 11.1. The maximum atomic E-state index is 5.67. The molecule has 3 aromatic heterocycles. The third-order valence-corrected chi connectivity index (χ3v) is 2.96. The average Bonchev–Trinajstić information content (AvgIpc) is 2.84. The van der Waals surface area contributed by atoms with Crippen LogP contribution < -0.4 is 5.73 Å². The molecular formula is C9H7N5OS. The molecule has 6 nitrogen and oxygen atoms in total. The monoisotopic (exact) mass is 233 g/mol. The smallest absolute Gasteiger partial charge is 0.252 e. The van der Waals surface area contributed by atoms with E-state index in [2.05, 4.69) is 19.9 Å².